The van der Waals surface area contributed by atoms with Gasteiger partial charge in [-0.3, -0.25) is 9.58 Å². The zero-order chi connectivity index (χ0) is 15.4. The highest BCUT2D eigenvalue weighted by atomic mass is 16.5. The van der Waals surface area contributed by atoms with Gasteiger partial charge < -0.3 is 10.5 Å². The number of rotatable bonds is 6. The van der Waals surface area contributed by atoms with Gasteiger partial charge in [0, 0.05) is 37.5 Å². The Bertz CT molecular complexity index is 594. The minimum atomic E-state index is 0.142. The maximum absolute atomic E-state index is 6.00. The number of benzene rings is 1. The highest BCUT2D eigenvalue weighted by Crippen LogP contribution is 2.25. The van der Waals surface area contributed by atoms with E-state index in [9.17, 15) is 0 Å². The topological polar surface area (TPSA) is 56.3 Å². The van der Waals surface area contributed by atoms with Crippen LogP contribution in [0.25, 0.3) is 0 Å². The van der Waals surface area contributed by atoms with Gasteiger partial charge in [-0.2, -0.15) is 5.10 Å². The fourth-order valence-electron chi connectivity index (χ4n) is 2.70. The summed E-state index contributed by atoms with van der Waals surface area (Å²) in [5.74, 6) is 0.906. The van der Waals surface area contributed by atoms with Crippen LogP contribution in [-0.4, -0.2) is 35.4 Å². The molecule has 0 spiro atoms. The van der Waals surface area contributed by atoms with Crippen LogP contribution < -0.4 is 10.5 Å². The summed E-state index contributed by atoms with van der Waals surface area (Å²) in [4.78, 5) is 2.24. The molecule has 2 N–H and O–H groups in total. The molecule has 2 rings (SSSR count). The quantitative estimate of drug-likeness (QED) is 0.881. The van der Waals surface area contributed by atoms with E-state index in [1.165, 1.54) is 5.56 Å². The van der Waals surface area contributed by atoms with E-state index in [2.05, 4.69) is 23.1 Å². The highest BCUT2D eigenvalue weighted by molar-refractivity contribution is 5.33. The van der Waals surface area contributed by atoms with Crippen molar-refractivity contribution in [3.05, 3.63) is 47.3 Å². The predicted octanol–water partition coefficient (Wildman–Crippen LogP) is 1.87. The summed E-state index contributed by atoms with van der Waals surface area (Å²) in [5, 5.41) is 4.41. The number of ether oxygens (including phenoxy) is 1. The third-order valence-electron chi connectivity index (χ3n) is 3.78. The fourth-order valence-corrected chi connectivity index (χ4v) is 2.70. The number of nitrogens with zero attached hydrogens (tertiary/aromatic N) is 3. The minimum absolute atomic E-state index is 0.142. The summed E-state index contributed by atoms with van der Waals surface area (Å²) in [6.07, 6.45) is 2.05. The zero-order valence-electron chi connectivity index (χ0n) is 13.2. The van der Waals surface area contributed by atoms with Crippen LogP contribution in [0.5, 0.6) is 5.75 Å². The summed E-state index contributed by atoms with van der Waals surface area (Å²) in [7, 11) is 5.71. The van der Waals surface area contributed by atoms with E-state index >= 15 is 0 Å². The average Bonchev–Trinajstić information content (AvgIpc) is 2.79. The average molecular weight is 288 g/mol. The molecular weight excluding hydrogens is 264 g/mol. The maximum Gasteiger partial charge on any atom is 0.123 e. The second kappa shape index (κ2) is 6.74. The SMILES string of the molecule is COc1ccccc1CN(C)C(CN)c1cn(C)nc1C. The van der Waals surface area contributed by atoms with E-state index in [0.29, 0.717) is 6.54 Å². The van der Waals surface area contributed by atoms with Crippen LogP contribution in [0.15, 0.2) is 30.5 Å². The first-order valence-electron chi connectivity index (χ1n) is 7.09. The van der Waals surface area contributed by atoms with Crippen LogP contribution in [0.1, 0.15) is 22.9 Å². The molecule has 0 saturated heterocycles. The summed E-state index contributed by atoms with van der Waals surface area (Å²) in [5.41, 5.74) is 9.36. The van der Waals surface area contributed by atoms with Crippen LogP contribution in [0.4, 0.5) is 0 Å². The van der Waals surface area contributed by atoms with Crippen molar-refractivity contribution in [3.63, 3.8) is 0 Å². The van der Waals surface area contributed by atoms with Crippen LogP contribution >= 0.6 is 0 Å². The number of nitrogens with two attached hydrogens (primary N) is 1. The molecule has 0 bridgehead atoms. The third kappa shape index (κ3) is 3.43. The molecule has 0 radical (unpaired) electrons. The summed E-state index contributed by atoms with van der Waals surface area (Å²) in [6, 6.07) is 8.21. The summed E-state index contributed by atoms with van der Waals surface area (Å²) in [6.45, 7) is 3.35. The van der Waals surface area contributed by atoms with Gasteiger partial charge >= 0.3 is 0 Å². The molecule has 0 amide bonds. The molecule has 5 heteroatoms. The number of hydrogen-bond donors (Lipinski definition) is 1. The van der Waals surface area contributed by atoms with E-state index in [1.54, 1.807) is 7.11 Å². The van der Waals surface area contributed by atoms with Crippen LogP contribution in [0.3, 0.4) is 0 Å². The van der Waals surface area contributed by atoms with E-state index in [0.717, 1.165) is 23.6 Å². The molecule has 21 heavy (non-hydrogen) atoms. The van der Waals surface area contributed by atoms with Crippen LogP contribution in [0, 0.1) is 6.92 Å². The van der Waals surface area contributed by atoms with Crippen molar-refractivity contribution in [1.29, 1.82) is 0 Å². The first kappa shape index (κ1) is 15.5. The van der Waals surface area contributed by atoms with Gasteiger partial charge in [0.1, 0.15) is 5.75 Å². The molecule has 5 nitrogen and oxygen atoms in total. The molecule has 1 aromatic carbocycles. The smallest absolute Gasteiger partial charge is 0.123 e. The lowest BCUT2D eigenvalue weighted by Gasteiger charge is -2.27. The molecule has 0 aliphatic carbocycles. The summed E-state index contributed by atoms with van der Waals surface area (Å²) >= 11 is 0. The van der Waals surface area contributed by atoms with Crippen molar-refractivity contribution >= 4 is 0 Å². The van der Waals surface area contributed by atoms with Gasteiger partial charge in [0.05, 0.1) is 18.8 Å². The van der Waals surface area contributed by atoms with Gasteiger partial charge in [-0.05, 0) is 20.0 Å². The first-order chi connectivity index (χ1) is 10.1. The van der Waals surface area contributed by atoms with Crippen molar-refractivity contribution in [1.82, 2.24) is 14.7 Å². The Kier molecular flexibility index (Phi) is 4.98. The molecule has 1 aromatic heterocycles. The molecule has 0 fully saturated rings. The number of aryl methyl sites for hydroxylation is 2. The Morgan fingerprint density at radius 3 is 2.67 bits per heavy atom. The number of methoxy groups -OCH3 is 1. The van der Waals surface area contributed by atoms with Crippen LogP contribution in [0.2, 0.25) is 0 Å². The van der Waals surface area contributed by atoms with Crippen LogP contribution in [-0.2, 0) is 13.6 Å². The molecule has 1 heterocycles. The predicted molar refractivity (Wildman–Crippen MR) is 84.2 cm³/mol. The molecule has 1 atom stereocenters. The summed E-state index contributed by atoms with van der Waals surface area (Å²) < 4.78 is 7.26. The monoisotopic (exact) mass is 288 g/mol. The van der Waals surface area contributed by atoms with Gasteiger partial charge in [0.15, 0.2) is 0 Å². The van der Waals surface area contributed by atoms with Crippen molar-refractivity contribution in [2.45, 2.75) is 19.5 Å². The van der Waals surface area contributed by atoms with Crippen molar-refractivity contribution in [2.75, 3.05) is 20.7 Å². The number of para-hydroxylation sites is 1. The van der Waals surface area contributed by atoms with Gasteiger partial charge in [0.25, 0.3) is 0 Å². The van der Waals surface area contributed by atoms with Gasteiger partial charge in [0.2, 0.25) is 0 Å². The lowest BCUT2D eigenvalue weighted by Crippen LogP contribution is -2.30. The Morgan fingerprint density at radius 1 is 1.38 bits per heavy atom. The molecule has 1 unspecified atom stereocenters. The Labute approximate surface area is 126 Å². The van der Waals surface area contributed by atoms with Crippen molar-refractivity contribution < 1.29 is 4.74 Å². The second-order valence-electron chi connectivity index (χ2n) is 5.32. The molecule has 2 aromatic rings. The largest absolute Gasteiger partial charge is 0.496 e. The second-order valence-corrected chi connectivity index (χ2v) is 5.32. The van der Waals surface area contributed by atoms with Gasteiger partial charge in [-0.25, -0.2) is 0 Å². The highest BCUT2D eigenvalue weighted by Gasteiger charge is 2.20. The first-order valence-corrected chi connectivity index (χ1v) is 7.09. The molecule has 114 valence electrons. The number of likely N-dealkylation sites (N-methyl/N-ethyl adjacent to an activating group) is 1. The van der Waals surface area contributed by atoms with Gasteiger partial charge in [-0.15, -0.1) is 0 Å². The Morgan fingerprint density at radius 2 is 2.10 bits per heavy atom. The maximum atomic E-state index is 6.00. The standard InChI is InChI=1S/C16H24N4O/c1-12-14(11-20(3)18-12)15(9-17)19(2)10-13-7-5-6-8-16(13)21-4/h5-8,11,15H,9-10,17H2,1-4H3. The minimum Gasteiger partial charge on any atom is -0.496 e. The third-order valence-corrected chi connectivity index (χ3v) is 3.78. The zero-order valence-corrected chi connectivity index (χ0v) is 13.2. The molecule has 0 aliphatic rings. The van der Waals surface area contributed by atoms with E-state index in [1.807, 2.05) is 43.0 Å². The van der Waals surface area contributed by atoms with E-state index in [4.69, 9.17) is 10.5 Å². The van der Waals surface area contributed by atoms with E-state index < -0.39 is 0 Å². The Balaban J connectivity index is 2.21. The van der Waals surface area contributed by atoms with Crippen molar-refractivity contribution in [3.8, 4) is 5.75 Å². The molecule has 0 aliphatic heterocycles. The normalized spacial score (nSPS) is 12.7. The van der Waals surface area contributed by atoms with Crippen molar-refractivity contribution in [2.24, 2.45) is 12.8 Å². The fraction of sp³-hybridized carbons (Fsp3) is 0.438. The molecule has 0 saturated carbocycles. The lowest BCUT2D eigenvalue weighted by molar-refractivity contribution is 0.237. The Hall–Kier alpha value is -1.85. The van der Waals surface area contributed by atoms with Gasteiger partial charge in [-0.1, -0.05) is 18.2 Å². The molecular formula is C16H24N4O. The number of aromatic nitrogens is 2. The number of hydrogen-bond acceptors (Lipinski definition) is 4. The van der Waals surface area contributed by atoms with E-state index in [-0.39, 0.29) is 6.04 Å². The lowest BCUT2D eigenvalue weighted by atomic mass is 10.1.